The van der Waals surface area contributed by atoms with Gasteiger partial charge in [0.2, 0.25) is 5.91 Å². The molecule has 0 spiro atoms. The molecule has 1 aliphatic carbocycles. The van der Waals surface area contributed by atoms with E-state index in [-0.39, 0.29) is 17.8 Å². The van der Waals surface area contributed by atoms with Crippen LogP contribution >= 0.6 is 34.7 Å². The number of thiophene rings is 1. The number of amides is 1. The van der Waals surface area contributed by atoms with E-state index in [4.69, 9.17) is 16.3 Å². The quantitative estimate of drug-likeness (QED) is 0.432. The zero-order valence-corrected chi connectivity index (χ0v) is 21.0. The van der Waals surface area contributed by atoms with Crippen LogP contribution in [0.25, 0.3) is 0 Å². The summed E-state index contributed by atoms with van der Waals surface area (Å²) in [6, 6.07) is 7.75. The highest BCUT2D eigenvalue weighted by Crippen LogP contribution is 2.37. The zero-order valence-electron chi connectivity index (χ0n) is 18.6. The minimum atomic E-state index is -0.332. The van der Waals surface area contributed by atoms with Crippen LogP contribution in [0.4, 0.5) is 5.00 Å². The predicted molar refractivity (Wildman–Crippen MR) is 131 cm³/mol. The molecule has 1 unspecified atom stereocenters. The standard InChI is InChI=1S/C23H24ClN5O2S2/c1-13-10-15(24)8-9-18(13)31-14(2)21-27-28-23(29(21)3)32-12-20(30)26-22-17(11-25)16-6-4-5-7-19(16)33-22/h8-10,14H,4-7,12H2,1-3H3,(H,26,30). The van der Waals surface area contributed by atoms with Gasteiger partial charge in [-0.2, -0.15) is 5.26 Å². The molecule has 33 heavy (non-hydrogen) atoms. The number of aryl methyl sites for hydroxylation is 2. The second kappa shape index (κ2) is 10.2. The lowest BCUT2D eigenvalue weighted by Crippen LogP contribution is -2.15. The molecule has 1 aromatic carbocycles. The average molecular weight is 502 g/mol. The Morgan fingerprint density at radius 2 is 2.18 bits per heavy atom. The fourth-order valence-corrected chi connectivity index (χ4v) is 6.06. The molecule has 0 saturated carbocycles. The van der Waals surface area contributed by atoms with E-state index in [9.17, 15) is 10.1 Å². The summed E-state index contributed by atoms with van der Waals surface area (Å²) in [5.41, 5.74) is 2.67. The summed E-state index contributed by atoms with van der Waals surface area (Å²) < 4.78 is 7.88. The first-order chi connectivity index (χ1) is 15.9. The lowest BCUT2D eigenvalue weighted by Gasteiger charge is -2.16. The fourth-order valence-electron chi connectivity index (χ4n) is 3.86. The molecule has 1 atom stereocenters. The van der Waals surface area contributed by atoms with Crippen molar-refractivity contribution in [1.29, 1.82) is 5.26 Å². The molecule has 0 aliphatic heterocycles. The number of fused-ring (bicyclic) bond motifs is 1. The Morgan fingerprint density at radius 1 is 1.39 bits per heavy atom. The summed E-state index contributed by atoms with van der Waals surface area (Å²) in [5.74, 6) is 1.39. The molecule has 10 heteroatoms. The SMILES string of the molecule is Cc1cc(Cl)ccc1OC(C)c1nnc(SCC(=O)Nc2sc3c(c2C#N)CCCC3)n1C. The van der Waals surface area contributed by atoms with Crippen molar-refractivity contribution in [3.63, 3.8) is 0 Å². The van der Waals surface area contributed by atoms with Gasteiger partial charge < -0.3 is 14.6 Å². The maximum absolute atomic E-state index is 12.6. The number of hydrogen-bond donors (Lipinski definition) is 1. The molecule has 0 radical (unpaired) electrons. The van der Waals surface area contributed by atoms with Gasteiger partial charge in [0.1, 0.15) is 16.8 Å². The summed E-state index contributed by atoms with van der Waals surface area (Å²) >= 11 is 8.85. The minimum Gasteiger partial charge on any atom is -0.482 e. The molecule has 3 aromatic rings. The smallest absolute Gasteiger partial charge is 0.235 e. The van der Waals surface area contributed by atoms with Crippen LogP contribution in [-0.2, 0) is 24.7 Å². The van der Waals surface area contributed by atoms with Gasteiger partial charge >= 0.3 is 0 Å². The van der Waals surface area contributed by atoms with Gasteiger partial charge in [-0.3, -0.25) is 4.79 Å². The van der Waals surface area contributed by atoms with Gasteiger partial charge in [-0.05, 0) is 68.9 Å². The van der Waals surface area contributed by atoms with E-state index in [2.05, 4.69) is 21.6 Å². The van der Waals surface area contributed by atoms with Gasteiger partial charge in [0.15, 0.2) is 17.1 Å². The van der Waals surface area contributed by atoms with E-state index in [1.807, 2.05) is 37.6 Å². The molecular formula is C23H24ClN5O2S2. The molecule has 0 saturated heterocycles. The first-order valence-electron chi connectivity index (χ1n) is 10.7. The monoisotopic (exact) mass is 501 g/mol. The molecule has 172 valence electrons. The largest absolute Gasteiger partial charge is 0.482 e. The van der Waals surface area contributed by atoms with Crippen molar-refractivity contribution in [3.8, 4) is 11.8 Å². The van der Waals surface area contributed by atoms with Crippen molar-refractivity contribution < 1.29 is 9.53 Å². The summed E-state index contributed by atoms with van der Waals surface area (Å²) in [4.78, 5) is 13.8. The number of nitrogens with one attached hydrogen (secondary N) is 1. The van der Waals surface area contributed by atoms with Crippen molar-refractivity contribution in [3.05, 3.63) is 50.6 Å². The van der Waals surface area contributed by atoms with E-state index in [1.165, 1.54) is 28.0 Å². The van der Waals surface area contributed by atoms with Crippen LogP contribution in [-0.4, -0.2) is 26.4 Å². The summed E-state index contributed by atoms with van der Waals surface area (Å²) in [7, 11) is 1.85. The highest BCUT2D eigenvalue weighted by Gasteiger charge is 2.23. The number of benzene rings is 1. The molecule has 4 rings (SSSR count). The van der Waals surface area contributed by atoms with Crippen molar-refractivity contribution in [2.24, 2.45) is 7.05 Å². The van der Waals surface area contributed by atoms with Crippen molar-refractivity contribution >= 4 is 45.6 Å². The Bertz CT molecular complexity index is 1230. The number of thioether (sulfide) groups is 1. The molecular weight excluding hydrogens is 478 g/mol. The molecule has 7 nitrogen and oxygen atoms in total. The van der Waals surface area contributed by atoms with Gasteiger partial charge in [-0.15, -0.1) is 21.5 Å². The number of aromatic nitrogens is 3. The number of carbonyl (C=O) groups excluding carboxylic acids is 1. The Labute approximate surface area is 206 Å². The van der Waals surface area contributed by atoms with E-state index in [0.29, 0.717) is 26.6 Å². The van der Waals surface area contributed by atoms with Crippen LogP contribution in [0.3, 0.4) is 0 Å². The Morgan fingerprint density at radius 3 is 2.94 bits per heavy atom. The predicted octanol–water partition coefficient (Wildman–Crippen LogP) is 5.46. The maximum Gasteiger partial charge on any atom is 0.235 e. The van der Waals surface area contributed by atoms with Gasteiger partial charge in [0.05, 0.1) is 11.3 Å². The van der Waals surface area contributed by atoms with Crippen molar-refractivity contribution in [2.45, 2.75) is 50.8 Å². The number of ether oxygens (including phenoxy) is 1. The minimum absolute atomic E-state index is 0.166. The van der Waals surface area contributed by atoms with Crippen molar-refractivity contribution in [1.82, 2.24) is 14.8 Å². The third kappa shape index (κ3) is 5.18. The maximum atomic E-state index is 12.6. The topological polar surface area (TPSA) is 92.8 Å². The molecule has 0 bridgehead atoms. The van der Waals surface area contributed by atoms with Gasteiger partial charge in [0, 0.05) is 16.9 Å². The van der Waals surface area contributed by atoms with Crippen LogP contribution < -0.4 is 10.1 Å². The molecule has 1 amide bonds. The molecule has 2 aromatic heterocycles. The third-order valence-corrected chi connectivity index (χ3v) is 8.00. The first-order valence-corrected chi connectivity index (χ1v) is 12.8. The average Bonchev–Trinajstić information content (AvgIpc) is 3.33. The Balaban J connectivity index is 1.38. The molecule has 2 heterocycles. The van der Waals surface area contributed by atoms with Crippen molar-refractivity contribution in [2.75, 3.05) is 11.1 Å². The number of nitriles is 1. The summed E-state index contributed by atoms with van der Waals surface area (Å²) in [6.45, 7) is 3.84. The zero-order chi connectivity index (χ0) is 23.5. The second-order valence-electron chi connectivity index (χ2n) is 7.93. The molecule has 1 aliphatic rings. The molecule has 0 fully saturated rings. The molecule has 1 N–H and O–H groups in total. The Hall–Kier alpha value is -2.54. The number of nitrogens with zero attached hydrogens (tertiary/aromatic N) is 4. The van der Waals surface area contributed by atoms with Crippen LogP contribution in [0.1, 0.15) is 53.3 Å². The number of hydrogen-bond acceptors (Lipinski definition) is 7. The highest BCUT2D eigenvalue weighted by atomic mass is 35.5. The second-order valence-corrected chi connectivity index (χ2v) is 10.4. The number of anilines is 1. The normalized spacial score (nSPS) is 13.8. The Kier molecular flexibility index (Phi) is 7.27. The van der Waals surface area contributed by atoms with Crippen LogP contribution in [0, 0.1) is 18.3 Å². The number of carbonyl (C=O) groups is 1. The lowest BCUT2D eigenvalue weighted by molar-refractivity contribution is -0.113. The third-order valence-electron chi connectivity index (χ3n) is 5.54. The van der Waals surface area contributed by atoms with Gasteiger partial charge in [-0.25, -0.2) is 0 Å². The first kappa shape index (κ1) is 23.6. The summed E-state index contributed by atoms with van der Waals surface area (Å²) in [6.07, 6.45) is 3.79. The van der Waals surface area contributed by atoms with E-state index >= 15 is 0 Å². The number of rotatable bonds is 7. The lowest BCUT2D eigenvalue weighted by atomic mass is 9.96. The van der Waals surface area contributed by atoms with E-state index < -0.39 is 0 Å². The van der Waals surface area contributed by atoms with Gasteiger partial charge in [-0.1, -0.05) is 23.4 Å². The van der Waals surface area contributed by atoms with E-state index in [1.54, 1.807) is 6.07 Å². The fraction of sp³-hybridized carbons (Fsp3) is 0.391. The highest BCUT2D eigenvalue weighted by molar-refractivity contribution is 7.99. The van der Waals surface area contributed by atoms with Crippen LogP contribution in [0.5, 0.6) is 5.75 Å². The summed E-state index contributed by atoms with van der Waals surface area (Å²) in [5, 5.41) is 22.9. The van der Waals surface area contributed by atoms with E-state index in [0.717, 1.165) is 42.6 Å². The number of halogens is 1. The van der Waals surface area contributed by atoms with Crippen LogP contribution in [0.2, 0.25) is 5.02 Å². The van der Waals surface area contributed by atoms with Crippen LogP contribution in [0.15, 0.2) is 23.4 Å². The van der Waals surface area contributed by atoms with Gasteiger partial charge in [0.25, 0.3) is 0 Å².